The van der Waals surface area contributed by atoms with Crippen molar-refractivity contribution in [2.45, 2.75) is 49.2 Å². The molecule has 0 aliphatic rings. The predicted octanol–water partition coefficient (Wildman–Crippen LogP) is 5.80. The molecule has 4 aromatic heterocycles. The van der Waals surface area contributed by atoms with Gasteiger partial charge in [0.2, 0.25) is 0 Å². The summed E-state index contributed by atoms with van der Waals surface area (Å²) in [6.45, 7) is -12.0. The van der Waals surface area contributed by atoms with E-state index in [1.54, 1.807) is 0 Å². The Kier molecular flexibility index (Phi) is 4.86. The van der Waals surface area contributed by atoms with E-state index in [2.05, 4.69) is 29.9 Å². The maximum absolute atomic E-state index is 13.1. The lowest BCUT2D eigenvalue weighted by atomic mass is 10.1. The number of fused-ring (bicyclic) bond motifs is 2. The average Bonchev–Trinajstić information content (AvgIpc) is 3.78. The fourth-order valence-corrected chi connectivity index (χ4v) is 6.18. The molecule has 6 aromatic rings. The maximum Gasteiger partial charge on any atom is 0.197 e. The number of pyridine rings is 2. The molecule has 1 unspecified atom stereocenters. The molecule has 252 valence electrons. The molecule has 0 saturated heterocycles. The normalized spacial score (nSPS) is 21.2. The zero-order valence-corrected chi connectivity index (χ0v) is 26.1. The topological polar surface area (TPSA) is 154 Å². The molecule has 48 heavy (non-hydrogen) atoms. The first-order valence-corrected chi connectivity index (χ1v) is 15.8. The van der Waals surface area contributed by atoms with Crippen molar-refractivity contribution in [2.75, 3.05) is 28.2 Å². The van der Waals surface area contributed by atoms with Gasteiger partial charge in [0.25, 0.3) is 0 Å². The quantitative estimate of drug-likeness (QED) is 0.178. The molecule has 0 radical (unpaired) electrons. The van der Waals surface area contributed by atoms with Gasteiger partial charge in [0.05, 0.1) is 110 Å². The minimum Gasteiger partial charge on any atom is -0.497 e. The third-order valence-corrected chi connectivity index (χ3v) is 8.78. The van der Waals surface area contributed by atoms with Gasteiger partial charge < -0.3 is 28.9 Å². The van der Waals surface area contributed by atoms with Gasteiger partial charge in [-0.15, -0.1) is 0 Å². The molecule has 0 aliphatic carbocycles. The average molecular weight is 714 g/mol. The number of aromatic nitrogens is 6. The first-order valence-electron chi connectivity index (χ1n) is 24.6. The van der Waals surface area contributed by atoms with Crippen molar-refractivity contribution < 1.29 is 58.9 Å². The Morgan fingerprint density at radius 1 is 0.688 bits per heavy atom. The summed E-state index contributed by atoms with van der Waals surface area (Å²) >= 11 is 0. The van der Waals surface area contributed by atoms with E-state index in [0.29, 0.717) is 11.0 Å². The molecule has 0 fully saturated rings. The Bertz CT molecular complexity index is 2990. The second kappa shape index (κ2) is 14.9. The van der Waals surface area contributed by atoms with Crippen molar-refractivity contribution in [3.8, 4) is 23.0 Å². The number of hydrogen-bond donors (Lipinski definition) is 2. The van der Waals surface area contributed by atoms with Crippen LogP contribution >= 0.6 is 0 Å². The minimum atomic E-state index is -3.27. The van der Waals surface area contributed by atoms with Crippen molar-refractivity contribution in [3.05, 3.63) is 82.4 Å². The Hall–Kier alpha value is -4.82. The number of benzene rings is 2. The number of aromatic amines is 2. The standard InChI is InChI=1S/2C17H19N3O3S/c2*1-10-8-18-15(11(2)16(10)23-4)9-24(21)17-19-13-6-5-12(22-3)7-14(13)20-17/h2*5-8H,9H2,1-4H3,(H,19,20)/t24-;/m0./s1/i1D3,2D3,3D3,4D3,8D;1D3,2D3,3D3,8D. The lowest BCUT2D eigenvalue weighted by Crippen LogP contribution is -2.05. The SMILES string of the molecule is [2H]c1nc(CS(=O)c2nc3ccc(OC([2H])([2H])[2H])cc3[nH]2)c(C([2H])([2H])[2H])c(OC)c1C([2H])([2H])[2H].[2H]c1nc(C[S@](=O)c2nc3ccc(OC([2H])([2H])[2H])cc3[nH]2)c(C([2H])([2H])[2H])c(OC([2H])([2H])[2H])c1C([2H])([2H])[2H]. The van der Waals surface area contributed by atoms with Gasteiger partial charge in [0, 0.05) is 63.2 Å². The van der Waals surface area contributed by atoms with Crippen LogP contribution in [0.2, 0.25) is 0 Å². The van der Waals surface area contributed by atoms with Gasteiger partial charge in [0.15, 0.2) is 10.3 Å². The summed E-state index contributed by atoms with van der Waals surface area (Å²) in [7, 11) is -11.7. The van der Waals surface area contributed by atoms with Crippen LogP contribution in [-0.4, -0.2) is 66.5 Å². The largest absolute Gasteiger partial charge is 0.497 e. The summed E-state index contributed by atoms with van der Waals surface area (Å²) in [5.41, 5.74) is -2.74. The van der Waals surface area contributed by atoms with E-state index in [9.17, 15) is 8.42 Å². The Morgan fingerprint density at radius 2 is 1.17 bits per heavy atom. The monoisotopic (exact) mass is 713 g/mol. The number of hydrogen-bond acceptors (Lipinski definition) is 10. The molecule has 2 N–H and O–H groups in total. The van der Waals surface area contributed by atoms with E-state index in [0.717, 1.165) is 7.11 Å². The lowest BCUT2D eigenvalue weighted by molar-refractivity contribution is 0.407. The van der Waals surface area contributed by atoms with Crippen LogP contribution in [0.3, 0.4) is 0 Å². The highest BCUT2D eigenvalue weighted by Gasteiger charge is 2.18. The van der Waals surface area contributed by atoms with Crippen LogP contribution in [-0.2, 0) is 33.1 Å². The Labute approximate surface area is 315 Å². The van der Waals surface area contributed by atoms with Gasteiger partial charge in [-0.2, -0.15) is 0 Å². The second-order valence-electron chi connectivity index (χ2n) is 9.43. The second-order valence-corrected chi connectivity index (χ2v) is 12.2. The number of ether oxygens (including phenoxy) is 4. The van der Waals surface area contributed by atoms with E-state index in [1.165, 1.54) is 36.4 Å². The summed E-state index contributed by atoms with van der Waals surface area (Å²) in [5.74, 6) is -2.79. The number of H-pyrrole nitrogens is 2. The molecule has 2 aromatic carbocycles. The highest BCUT2D eigenvalue weighted by atomic mass is 32.2. The van der Waals surface area contributed by atoms with E-state index in [4.69, 9.17) is 50.5 Å². The number of nitrogens with zero attached hydrogens (tertiary/aromatic N) is 4. The van der Waals surface area contributed by atoms with E-state index < -0.39 is 133 Å². The predicted molar refractivity (Wildman–Crippen MR) is 186 cm³/mol. The molecule has 2 atom stereocenters. The molecule has 4 heterocycles. The fourth-order valence-electron chi connectivity index (χ4n) is 4.15. The zero-order valence-electron chi connectivity index (χ0n) is 47.4. The van der Waals surface area contributed by atoms with Crippen LogP contribution < -0.4 is 18.9 Å². The highest BCUT2D eigenvalue weighted by Crippen LogP contribution is 2.28. The van der Waals surface area contributed by atoms with Crippen LogP contribution in [0, 0.1) is 27.4 Å². The summed E-state index contributed by atoms with van der Waals surface area (Å²) in [6, 6.07) is 8.22. The number of rotatable bonds is 10. The van der Waals surface area contributed by atoms with Gasteiger partial charge in [-0.05, 0) is 51.7 Å². The summed E-state index contributed by atoms with van der Waals surface area (Å²) in [5, 5.41) is -0.242. The molecule has 6 rings (SSSR count). The molecule has 0 amide bonds. The van der Waals surface area contributed by atoms with Crippen molar-refractivity contribution in [1.29, 1.82) is 0 Å². The van der Waals surface area contributed by atoms with E-state index in [-0.39, 0.29) is 38.5 Å². The first kappa shape index (κ1) is 15.6. The fraction of sp³-hybridized carbons (Fsp3) is 0.294. The van der Waals surface area contributed by atoms with E-state index in [1.807, 2.05) is 0 Å². The molecular formula is C34H38N6O6S2. The van der Waals surface area contributed by atoms with Crippen molar-refractivity contribution in [2.24, 2.45) is 0 Å². The Morgan fingerprint density at radius 3 is 1.58 bits per heavy atom. The van der Waals surface area contributed by atoms with Gasteiger partial charge in [-0.1, -0.05) is 0 Å². The minimum absolute atomic E-state index is 0.0228. The molecule has 0 saturated carbocycles. The van der Waals surface area contributed by atoms with Crippen LogP contribution in [0.5, 0.6) is 23.0 Å². The number of methoxy groups -OCH3 is 4. The molecule has 0 spiro atoms. The molecular weight excluding hydrogens is 653 g/mol. The van der Waals surface area contributed by atoms with Crippen LogP contribution in [0.25, 0.3) is 22.1 Å². The third-order valence-electron chi connectivity index (χ3n) is 6.46. The number of imidazole rings is 2. The molecule has 0 aliphatic heterocycles. The lowest BCUT2D eigenvalue weighted by Gasteiger charge is -2.11. The van der Waals surface area contributed by atoms with Crippen LogP contribution in [0.15, 0.2) is 59.1 Å². The summed E-state index contributed by atoms with van der Waals surface area (Å²) in [4.78, 5) is 21.3. The van der Waals surface area contributed by atoms with Crippen LogP contribution in [0.1, 0.15) is 65.2 Å². The van der Waals surface area contributed by atoms with E-state index >= 15 is 0 Å². The molecule has 12 nitrogen and oxygen atoms in total. The number of nitrogens with one attached hydrogen (secondary N) is 2. The molecule has 0 bridgehead atoms. The van der Waals surface area contributed by atoms with Gasteiger partial charge in [-0.25, -0.2) is 9.97 Å². The first-order chi connectivity index (χ1) is 32.2. The van der Waals surface area contributed by atoms with Crippen molar-refractivity contribution in [3.63, 3.8) is 0 Å². The van der Waals surface area contributed by atoms with Crippen molar-refractivity contribution in [1.82, 2.24) is 29.9 Å². The zero-order chi connectivity index (χ0) is 53.8. The van der Waals surface area contributed by atoms with Crippen LogP contribution in [0.4, 0.5) is 0 Å². The summed E-state index contributed by atoms with van der Waals surface area (Å²) in [6.07, 6.45) is -1.68. The highest BCUT2D eigenvalue weighted by molar-refractivity contribution is 7.84. The van der Waals surface area contributed by atoms with Gasteiger partial charge in [-0.3, -0.25) is 18.4 Å². The Balaban J connectivity index is 0.000000265. The molecule has 14 heteroatoms. The maximum atomic E-state index is 13.1. The smallest absolute Gasteiger partial charge is 0.197 e. The third kappa shape index (κ3) is 7.34. The summed E-state index contributed by atoms with van der Waals surface area (Å²) < 4.78 is 220. The van der Waals surface area contributed by atoms with Gasteiger partial charge in [0.1, 0.15) is 23.0 Å². The van der Waals surface area contributed by atoms with Crippen molar-refractivity contribution >= 4 is 43.7 Å². The van der Waals surface area contributed by atoms with Gasteiger partial charge >= 0.3 is 0 Å².